The fourth-order valence-electron chi connectivity index (χ4n) is 2.12. The maximum Gasteiger partial charge on any atom is 0.0702 e. The minimum Gasteiger partial charge on any atom is -0.376 e. The Morgan fingerprint density at radius 1 is 1.40 bits per heavy atom. The molecule has 2 heteroatoms. The molecule has 0 saturated carbocycles. The molecule has 0 aromatic carbocycles. The molecule has 0 amide bonds. The van der Waals surface area contributed by atoms with E-state index in [2.05, 4.69) is 25.7 Å². The molecule has 0 bridgehead atoms. The predicted octanol–water partition coefficient (Wildman–Crippen LogP) is 2.92. The van der Waals surface area contributed by atoms with Crippen LogP contribution in [0.3, 0.4) is 0 Å². The Morgan fingerprint density at radius 3 is 2.87 bits per heavy atom. The van der Waals surface area contributed by atoms with Gasteiger partial charge in [0.05, 0.1) is 12.7 Å². The van der Waals surface area contributed by atoms with Gasteiger partial charge in [-0.05, 0) is 12.3 Å². The lowest BCUT2D eigenvalue weighted by Gasteiger charge is -2.34. The van der Waals surface area contributed by atoms with E-state index < -0.39 is 0 Å². The first-order chi connectivity index (χ1) is 7.26. The van der Waals surface area contributed by atoms with Gasteiger partial charge in [0, 0.05) is 19.6 Å². The second-order valence-electron chi connectivity index (χ2n) is 4.91. The van der Waals surface area contributed by atoms with Crippen molar-refractivity contribution in [1.82, 2.24) is 4.90 Å². The highest BCUT2D eigenvalue weighted by Crippen LogP contribution is 2.14. The summed E-state index contributed by atoms with van der Waals surface area (Å²) in [4.78, 5) is 2.58. The fraction of sp³-hybridized carbons (Fsp3) is 1.00. The van der Waals surface area contributed by atoms with Crippen LogP contribution in [0.2, 0.25) is 0 Å². The third kappa shape index (κ3) is 4.98. The van der Waals surface area contributed by atoms with Crippen LogP contribution in [0.25, 0.3) is 0 Å². The Labute approximate surface area is 95.0 Å². The number of unbranched alkanes of at least 4 members (excludes halogenated alkanes) is 1. The van der Waals surface area contributed by atoms with Gasteiger partial charge in [0.2, 0.25) is 0 Å². The summed E-state index contributed by atoms with van der Waals surface area (Å²) < 4.78 is 5.78. The van der Waals surface area contributed by atoms with Crippen LogP contribution in [0.5, 0.6) is 0 Å². The van der Waals surface area contributed by atoms with E-state index in [1.54, 1.807) is 0 Å². The van der Waals surface area contributed by atoms with Crippen molar-refractivity contribution in [2.75, 3.05) is 26.2 Å². The number of morpholine rings is 1. The average molecular weight is 213 g/mol. The molecule has 0 radical (unpaired) electrons. The van der Waals surface area contributed by atoms with Gasteiger partial charge in [-0.2, -0.15) is 0 Å². The van der Waals surface area contributed by atoms with Gasteiger partial charge in [0.25, 0.3) is 0 Å². The van der Waals surface area contributed by atoms with Crippen LogP contribution in [0.4, 0.5) is 0 Å². The van der Waals surface area contributed by atoms with Crippen LogP contribution in [0.15, 0.2) is 0 Å². The van der Waals surface area contributed by atoms with E-state index in [0.29, 0.717) is 6.10 Å². The van der Waals surface area contributed by atoms with Gasteiger partial charge >= 0.3 is 0 Å². The second-order valence-corrected chi connectivity index (χ2v) is 4.91. The first-order valence-corrected chi connectivity index (χ1v) is 6.60. The summed E-state index contributed by atoms with van der Waals surface area (Å²) in [5.74, 6) is 0.829. The van der Waals surface area contributed by atoms with E-state index in [1.807, 2.05) is 0 Å². The van der Waals surface area contributed by atoms with Crippen molar-refractivity contribution in [3.05, 3.63) is 0 Å². The first-order valence-electron chi connectivity index (χ1n) is 6.60. The summed E-state index contributed by atoms with van der Waals surface area (Å²) in [5, 5.41) is 0. The molecule has 2 nitrogen and oxygen atoms in total. The van der Waals surface area contributed by atoms with Crippen LogP contribution < -0.4 is 0 Å². The van der Waals surface area contributed by atoms with Crippen molar-refractivity contribution in [2.24, 2.45) is 5.92 Å². The number of hydrogen-bond acceptors (Lipinski definition) is 2. The first kappa shape index (κ1) is 13.0. The highest BCUT2D eigenvalue weighted by atomic mass is 16.5. The summed E-state index contributed by atoms with van der Waals surface area (Å²) in [5.41, 5.74) is 0. The molecule has 0 aromatic heterocycles. The molecule has 0 spiro atoms. The zero-order chi connectivity index (χ0) is 11.1. The SMILES string of the molecule is CCCC[C@H]1CN(CC(C)CC)CCO1. The summed E-state index contributed by atoms with van der Waals surface area (Å²) in [6.45, 7) is 11.3. The van der Waals surface area contributed by atoms with Gasteiger partial charge in [-0.25, -0.2) is 0 Å². The van der Waals surface area contributed by atoms with Crippen molar-refractivity contribution in [3.63, 3.8) is 0 Å². The lowest BCUT2D eigenvalue weighted by atomic mass is 10.1. The summed E-state index contributed by atoms with van der Waals surface area (Å²) >= 11 is 0. The van der Waals surface area contributed by atoms with Crippen molar-refractivity contribution in [2.45, 2.75) is 52.6 Å². The molecule has 1 unspecified atom stereocenters. The topological polar surface area (TPSA) is 12.5 Å². The summed E-state index contributed by atoms with van der Waals surface area (Å²) in [6, 6.07) is 0. The predicted molar refractivity (Wildman–Crippen MR) is 65.2 cm³/mol. The molecule has 0 aliphatic carbocycles. The minimum absolute atomic E-state index is 0.503. The van der Waals surface area contributed by atoms with Gasteiger partial charge in [-0.15, -0.1) is 0 Å². The molecule has 1 heterocycles. The Balaban J connectivity index is 2.22. The van der Waals surface area contributed by atoms with Crippen LogP contribution in [-0.4, -0.2) is 37.2 Å². The van der Waals surface area contributed by atoms with E-state index in [9.17, 15) is 0 Å². The Morgan fingerprint density at radius 2 is 2.20 bits per heavy atom. The average Bonchev–Trinajstić information content (AvgIpc) is 2.26. The summed E-state index contributed by atoms with van der Waals surface area (Å²) in [7, 11) is 0. The molecule has 1 aliphatic rings. The molecule has 1 aliphatic heterocycles. The van der Waals surface area contributed by atoms with Crippen LogP contribution >= 0.6 is 0 Å². The van der Waals surface area contributed by atoms with E-state index >= 15 is 0 Å². The Kier molecular flexibility index (Phi) is 6.26. The molecule has 0 N–H and O–H groups in total. The van der Waals surface area contributed by atoms with Gasteiger partial charge < -0.3 is 4.74 Å². The number of hydrogen-bond donors (Lipinski definition) is 0. The molecular formula is C13H27NO. The zero-order valence-electron chi connectivity index (χ0n) is 10.7. The van der Waals surface area contributed by atoms with Crippen LogP contribution in [0.1, 0.15) is 46.5 Å². The molecule has 90 valence electrons. The molecule has 1 rings (SSSR count). The third-order valence-corrected chi connectivity index (χ3v) is 3.37. The maximum absolute atomic E-state index is 5.78. The molecule has 2 atom stereocenters. The third-order valence-electron chi connectivity index (χ3n) is 3.37. The van der Waals surface area contributed by atoms with Crippen molar-refractivity contribution in [3.8, 4) is 0 Å². The highest BCUT2D eigenvalue weighted by molar-refractivity contribution is 4.72. The fourth-order valence-corrected chi connectivity index (χ4v) is 2.12. The van der Waals surface area contributed by atoms with Crippen LogP contribution in [0, 0.1) is 5.92 Å². The smallest absolute Gasteiger partial charge is 0.0702 e. The van der Waals surface area contributed by atoms with Crippen LogP contribution in [-0.2, 0) is 4.74 Å². The quantitative estimate of drug-likeness (QED) is 0.672. The minimum atomic E-state index is 0.503. The maximum atomic E-state index is 5.78. The van der Waals surface area contributed by atoms with E-state index in [4.69, 9.17) is 4.74 Å². The number of nitrogens with zero attached hydrogens (tertiary/aromatic N) is 1. The lowest BCUT2D eigenvalue weighted by Crippen LogP contribution is -2.44. The van der Waals surface area contributed by atoms with Gasteiger partial charge in [-0.1, -0.05) is 40.0 Å². The van der Waals surface area contributed by atoms with Crippen molar-refractivity contribution in [1.29, 1.82) is 0 Å². The van der Waals surface area contributed by atoms with E-state index in [-0.39, 0.29) is 0 Å². The second kappa shape index (κ2) is 7.24. The molecular weight excluding hydrogens is 186 g/mol. The zero-order valence-corrected chi connectivity index (χ0v) is 10.7. The van der Waals surface area contributed by atoms with Crippen molar-refractivity contribution >= 4 is 0 Å². The Bertz CT molecular complexity index is 161. The molecule has 1 fully saturated rings. The normalized spacial score (nSPS) is 25.4. The van der Waals surface area contributed by atoms with E-state index in [1.165, 1.54) is 32.2 Å². The van der Waals surface area contributed by atoms with E-state index in [0.717, 1.165) is 25.6 Å². The van der Waals surface area contributed by atoms with Crippen molar-refractivity contribution < 1.29 is 4.74 Å². The van der Waals surface area contributed by atoms with Gasteiger partial charge in [0.1, 0.15) is 0 Å². The highest BCUT2D eigenvalue weighted by Gasteiger charge is 2.20. The molecule has 15 heavy (non-hydrogen) atoms. The standard InChI is InChI=1S/C13H27NO/c1-4-6-7-13-11-14(8-9-15-13)10-12(3)5-2/h12-13H,4-11H2,1-3H3/t12?,13-/m0/s1. The molecule has 1 saturated heterocycles. The monoisotopic (exact) mass is 213 g/mol. The largest absolute Gasteiger partial charge is 0.376 e. The molecule has 0 aromatic rings. The Hall–Kier alpha value is -0.0800. The summed E-state index contributed by atoms with van der Waals surface area (Å²) in [6.07, 6.45) is 5.63. The number of ether oxygens (including phenoxy) is 1. The number of rotatable bonds is 6. The lowest BCUT2D eigenvalue weighted by molar-refractivity contribution is -0.0365. The van der Waals surface area contributed by atoms with Gasteiger partial charge in [0.15, 0.2) is 0 Å². The van der Waals surface area contributed by atoms with Gasteiger partial charge in [-0.3, -0.25) is 4.90 Å².